The summed E-state index contributed by atoms with van der Waals surface area (Å²) in [4.78, 5) is 6.55. The molecule has 2 saturated heterocycles. The maximum atomic E-state index is 15.3. The number of aryl methyl sites for hydroxylation is 1. The molecule has 0 unspecified atom stereocenters. The second-order valence-corrected chi connectivity index (χ2v) is 9.39. The minimum Gasteiger partial charge on any atom is -0.479 e. The van der Waals surface area contributed by atoms with Gasteiger partial charge in [-0.3, -0.25) is 9.29 Å². The molecule has 0 radical (unpaired) electrons. The molecule has 2 atom stereocenters. The largest absolute Gasteiger partial charge is 0.479 e. The quantitative estimate of drug-likeness (QED) is 0.382. The first kappa shape index (κ1) is 23.9. The lowest BCUT2D eigenvalue weighted by molar-refractivity contribution is -0.0794. The predicted molar refractivity (Wildman–Crippen MR) is 130 cm³/mol. The zero-order valence-corrected chi connectivity index (χ0v) is 20.3. The van der Waals surface area contributed by atoms with Crippen molar-refractivity contribution < 1.29 is 22.6 Å². The van der Waals surface area contributed by atoms with Crippen LogP contribution in [0, 0.1) is 5.82 Å². The first-order valence-electron chi connectivity index (χ1n) is 12.3. The summed E-state index contributed by atoms with van der Waals surface area (Å²) in [5.41, 5.74) is 2.43. The molecule has 13 heteroatoms. The van der Waals surface area contributed by atoms with Crippen LogP contribution < -0.4 is 10.1 Å². The highest BCUT2D eigenvalue weighted by atomic mass is 19.1. The summed E-state index contributed by atoms with van der Waals surface area (Å²) in [6.45, 7) is 2.24. The van der Waals surface area contributed by atoms with Crippen LogP contribution >= 0.6 is 0 Å². The number of fused-ring (bicyclic) bond motifs is 2. The monoisotopic (exact) mass is 516 g/mol. The molecule has 1 N–H and O–H groups in total. The number of methoxy groups -OCH3 is 1. The van der Waals surface area contributed by atoms with Crippen molar-refractivity contribution >= 4 is 22.5 Å². The van der Waals surface area contributed by atoms with Crippen molar-refractivity contribution in [1.82, 2.24) is 34.5 Å². The van der Waals surface area contributed by atoms with Gasteiger partial charge in [0.05, 0.1) is 56.4 Å². The van der Waals surface area contributed by atoms with Gasteiger partial charge in [-0.05, 0) is 30.5 Å². The van der Waals surface area contributed by atoms with E-state index >= 15 is 4.39 Å². The van der Waals surface area contributed by atoms with E-state index in [0.717, 1.165) is 6.54 Å². The van der Waals surface area contributed by atoms with Gasteiger partial charge in [-0.2, -0.15) is 4.98 Å². The van der Waals surface area contributed by atoms with E-state index in [1.165, 1.54) is 17.8 Å². The summed E-state index contributed by atoms with van der Waals surface area (Å²) in [7, 11) is 1.44. The third kappa shape index (κ3) is 4.35. The molecule has 2 aliphatic rings. The number of aromatic nitrogens is 6. The Kier molecular flexibility index (Phi) is 6.32. The Bertz CT molecular complexity index is 1420. The molecule has 0 spiro atoms. The number of likely N-dealkylation sites (tertiary alicyclic amines) is 1. The fourth-order valence-corrected chi connectivity index (χ4v) is 5.02. The Labute approximate surface area is 210 Å². The van der Waals surface area contributed by atoms with Gasteiger partial charge in [-0.1, -0.05) is 11.3 Å². The average molecular weight is 517 g/mol. The number of benzene rings is 1. The molecule has 0 aliphatic carbocycles. The standard InChI is InChI=1S/C24H27F3N8O2/c1-36-23-22-21(14-3-4-19-20(9-14)34(32-30-19)7-2-6-25)17(27)11-35(22)31-24(29-23)28-18-5-8-33(10-16(18)26)15-12-37-13-15/h3-4,9,11,15-16,18H,2,5-8,10,12-13H2,1H3,(H,28,31)/t16-,18-/m1/s1. The number of halogens is 3. The summed E-state index contributed by atoms with van der Waals surface area (Å²) in [5.74, 6) is -0.214. The second kappa shape index (κ2) is 9.78. The Balaban J connectivity index is 1.31. The van der Waals surface area contributed by atoms with Crippen LogP contribution in [0.4, 0.5) is 19.1 Å². The van der Waals surface area contributed by atoms with Gasteiger partial charge in [-0.15, -0.1) is 10.2 Å². The van der Waals surface area contributed by atoms with E-state index in [2.05, 4.69) is 30.6 Å². The van der Waals surface area contributed by atoms with Crippen LogP contribution in [0.5, 0.6) is 5.88 Å². The van der Waals surface area contributed by atoms with E-state index in [1.807, 2.05) is 0 Å². The fourth-order valence-electron chi connectivity index (χ4n) is 5.02. The molecule has 3 aromatic heterocycles. The smallest absolute Gasteiger partial charge is 0.244 e. The van der Waals surface area contributed by atoms with Gasteiger partial charge in [-0.25, -0.2) is 18.0 Å². The highest BCUT2D eigenvalue weighted by molar-refractivity contribution is 5.89. The Morgan fingerprint density at radius 3 is 2.86 bits per heavy atom. The highest BCUT2D eigenvalue weighted by Crippen LogP contribution is 2.35. The van der Waals surface area contributed by atoms with E-state index in [-0.39, 0.29) is 23.4 Å². The zero-order chi connectivity index (χ0) is 25.5. The van der Waals surface area contributed by atoms with Crippen molar-refractivity contribution in [2.45, 2.75) is 37.6 Å². The zero-order valence-electron chi connectivity index (χ0n) is 20.3. The van der Waals surface area contributed by atoms with E-state index < -0.39 is 24.7 Å². The Hall–Kier alpha value is -3.45. The van der Waals surface area contributed by atoms with Crippen LogP contribution in [-0.4, -0.2) is 92.8 Å². The van der Waals surface area contributed by atoms with Crippen molar-refractivity contribution in [3.63, 3.8) is 0 Å². The number of rotatable bonds is 8. The van der Waals surface area contributed by atoms with Gasteiger partial charge in [0, 0.05) is 19.6 Å². The number of alkyl halides is 2. The summed E-state index contributed by atoms with van der Waals surface area (Å²) >= 11 is 0. The van der Waals surface area contributed by atoms with Crippen molar-refractivity contribution in [3.05, 3.63) is 30.2 Å². The molecule has 1 aromatic carbocycles. The number of nitrogens with zero attached hydrogens (tertiary/aromatic N) is 7. The van der Waals surface area contributed by atoms with Gasteiger partial charge < -0.3 is 14.8 Å². The molecule has 196 valence electrons. The number of nitrogens with one attached hydrogen (secondary N) is 1. The lowest BCUT2D eigenvalue weighted by Gasteiger charge is -2.42. The minimum absolute atomic E-state index is 0.153. The number of hydrogen-bond acceptors (Lipinski definition) is 8. The second-order valence-electron chi connectivity index (χ2n) is 9.39. The SMILES string of the molecule is COc1nc(N[C@@H]2CCN(C3COC3)C[C@H]2F)nn2cc(F)c(-c3ccc4nnn(CCCF)c4c3)c12. The third-order valence-electron chi connectivity index (χ3n) is 7.08. The first-order valence-corrected chi connectivity index (χ1v) is 12.3. The summed E-state index contributed by atoms with van der Waals surface area (Å²) < 4.78 is 56.7. The van der Waals surface area contributed by atoms with E-state index in [1.54, 1.807) is 22.9 Å². The van der Waals surface area contributed by atoms with Crippen molar-refractivity contribution in [2.24, 2.45) is 0 Å². The number of ether oxygens (including phenoxy) is 2. The molecular weight excluding hydrogens is 489 g/mol. The first-order chi connectivity index (χ1) is 18.1. The molecule has 0 amide bonds. The van der Waals surface area contributed by atoms with Gasteiger partial charge in [0.1, 0.15) is 17.2 Å². The molecule has 0 saturated carbocycles. The molecule has 37 heavy (non-hydrogen) atoms. The predicted octanol–water partition coefficient (Wildman–Crippen LogP) is 2.87. The van der Waals surface area contributed by atoms with Crippen LogP contribution in [0.1, 0.15) is 12.8 Å². The maximum Gasteiger partial charge on any atom is 0.244 e. The van der Waals surface area contributed by atoms with Crippen molar-refractivity contribution in [2.75, 3.05) is 45.4 Å². The lowest BCUT2D eigenvalue weighted by Crippen LogP contribution is -2.57. The number of anilines is 1. The third-order valence-corrected chi connectivity index (χ3v) is 7.08. The van der Waals surface area contributed by atoms with Crippen LogP contribution in [0.15, 0.2) is 24.4 Å². The van der Waals surface area contributed by atoms with Crippen LogP contribution in [0.25, 0.3) is 27.7 Å². The van der Waals surface area contributed by atoms with Crippen LogP contribution in [0.2, 0.25) is 0 Å². The normalized spacial score (nSPS) is 21.0. The molecule has 10 nitrogen and oxygen atoms in total. The van der Waals surface area contributed by atoms with Crippen LogP contribution in [0.3, 0.4) is 0 Å². The van der Waals surface area contributed by atoms with E-state index in [4.69, 9.17) is 9.47 Å². The van der Waals surface area contributed by atoms with E-state index in [9.17, 15) is 8.78 Å². The van der Waals surface area contributed by atoms with Crippen molar-refractivity contribution in [1.29, 1.82) is 0 Å². The van der Waals surface area contributed by atoms with Gasteiger partial charge in [0.25, 0.3) is 0 Å². The topological polar surface area (TPSA) is 94.6 Å². The fraction of sp³-hybridized carbons (Fsp3) is 0.500. The summed E-state index contributed by atoms with van der Waals surface area (Å²) in [6.07, 6.45) is 1.02. The molecule has 6 rings (SSSR count). The molecule has 2 fully saturated rings. The number of piperidine rings is 1. The lowest BCUT2D eigenvalue weighted by atomic mass is 10.0. The highest BCUT2D eigenvalue weighted by Gasteiger charge is 2.36. The van der Waals surface area contributed by atoms with Gasteiger partial charge >= 0.3 is 0 Å². The summed E-state index contributed by atoms with van der Waals surface area (Å²) in [5, 5.41) is 15.7. The average Bonchev–Trinajstić information content (AvgIpc) is 3.42. The molecule has 2 aliphatic heterocycles. The Morgan fingerprint density at radius 2 is 2.14 bits per heavy atom. The molecule has 5 heterocycles. The minimum atomic E-state index is -1.11. The van der Waals surface area contributed by atoms with Gasteiger partial charge in [0.15, 0.2) is 5.82 Å². The maximum absolute atomic E-state index is 15.3. The molecular formula is C24H27F3N8O2. The molecule has 0 bridgehead atoms. The van der Waals surface area contributed by atoms with Gasteiger partial charge in [0.2, 0.25) is 11.8 Å². The van der Waals surface area contributed by atoms with E-state index in [0.29, 0.717) is 61.3 Å². The van der Waals surface area contributed by atoms with Crippen molar-refractivity contribution in [3.8, 4) is 17.0 Å². The molecule has 4 aromatic rings. The Morgan fingerprint density at radius 1 is 1.27 bits per heavy atom. The number of hydrogen-bond donors (Lipinski definition) is 1. The van der Waals surface area contributed by atoms with Crippen LogP contribution in [-0.2, 0) is 11.3 Å². The summed E-state index contributed by atoms with van der Waals surface area (Å²) in [6, 6.07) is 5.03.